The van der Waals surface area contributed by atoms with Crippen LogP contribution in [0, 0.1) is 0 Å². The summed E-state index contributed by atoms with van der Waals surface area (Å²) in [6, 6.07) is 6.02. The van der Waals surface area contributed by atoms with Crippen LogP contribution in [0.5, 0.6) is 0 Å². The van der Waals surface area contributed by atoms with E-state index in [-0.39, 0.29) is 5.28 Å². The van der Waals surface area contributed by atoms with E-state index in [0.717, 1.165) is 29.0 Å². The number of hydrogen-bond acceptors (Lipinski definition) is 5. The Bertz CT molecular complexity index is 683. The van der Waals surface area contributed by atoms with Gasteiger partial charge in [0, 0.05) is 18.9 Å². The van der Waals surface area contributed by atoms with Gasteiger partial charge in [0.05, 0.1) is 5.39 Å². The van der Waals surface area contributed by atoms with E-state index in [4.69, 9.17) is 11.6 Å². The Hall–Kier alpha value is -1.72. The average Bonchev–Trinajstić information content (AvgIpc) is 2.88. The molecule has 3 aromatic rings. The van der Waals surface area contributed by atoms with Crippen molar-refractivity contribution in [3.8, 4) is 0 Å². The van der Waals surface area contributed by atoms with E-state index in [0.29, 0.717) is 0 Å². The number of nitrogens with one attached hydrogen (secondary N) is 1. The summed E-state index contributed by atoms with van der Waals surface area (Å²) in [6.07, 6.45) is 4.51. The van der Waals surface area contributed by atoms with Crippen LogP contribution in [0.15, 0.2) is 36.0 Å². The van der Waals surface area contributed by atoms with Crippen molar-refractivity contribution in [2.24, 2.45) is 0 Å². The van der Waals surface area contributed by atoms with Crippen molar-refractivity contribution in [3.05, 3.63) is 46.8 Å². The van der Waals surface area contributed by atoms with E-state index >= 15 is 0 Å². The van der Waals surface area contributed by atoms with E-state index < -0.39 is 0 Å². The summed E-state index contributed by atoms with van der Waals surface area (Å²) < 4.78 is 0. The van der Waals surface area contributed by atoms with Gasteiger partial charge >= 0.3 is 0 Å². The van der Waals surface area contributed by atoms with Crippen LogP contribution in [0.1, 0.15) is 5.56 Å². The smallest absolute Gasteiger partial charge is 0.225 e. The molecule has 3 rings (SSSR count). The van der Waals surface area contributed by atoms with Crippen LogP contribution < -0.4 is 5.32 Å². The molecule has 3 heterocycles. The second-order valence-corrected chi connectivity index (χ2v) is 5.25. The average molecular weight is 291 g/mol. The first-order valence-corrected chi connectivity index (χ1v) is 7.12. The second-order valence-electron chi connectivity index (χ2n) is 4.01. The molecule has 0 bridgehead atoms. The Morgan fingerprint density at radius 2 is 2.00 bits per heavy atom. The van der Waals surface area contributed by atoms with Gasteiger partial charge in [0.1, 0.15) is 10.6 Å². The summed E-state index contributed by atoms with van der Waals surface area (Å²) in [5.41, 5.74) is 1.24. The molecular formula is C13H11ClN4S. The first-order chi connectivity index (χ1) is 9.33. The van der Waals surface area contributed by atoms with Crippen LogP contribution in [0.25, 0.3) is 10.2 Å². The van der Waals surface area contributed by atoms with Gasteiger partial charge in [-0.05, 0) is 47.2 Å². The second kappa shape index (κ2) is 5.50. The number of aromatic nitrogens is 3. The van der Waals surface area contributed by atoms with Gasteiger partial charge in [-0.1, -0.05) is 0 Å². The molecule has 0 saturated heterocycles. The normalized spacial score (nSPS) is 10.8. The number of thiophene rings is 1. The Labute approximate surface area is 119 Å². The van der Waals surface area contributed by atoms with Gasteiger partial charge in [0.2, 0.25) is 5.28 Å². The van der Waals surface area contributed by atoms with Crippen molar-refractivity contribution in [2.45, 2.75) is 6.42 Å². The molecule has 0 aliphatic rings. The third-order valence-corrected chi connectivity index (χ3v) is 3.73. The van der Waals surface area contributed by atoms with E-state index in [2.05, 4.69) is 20.3 Å². The number of anilines is 1. The molecule has 19 heavy (non-hydrogen) atoms. The summed E-state index contributed by atoms with van der Waals surface area (Å²) in [5, 5.41) is 6.60. The molecule has 3 aromatic heterocycles. The summed E-state index contributed by atoms with van der Waals surface area (Å²) in [7, 11) is 0. The van der Waals surface area contributed by atoms with Crippen LogP contribution in [0.4, 0.5) is 5.82 Å². The highest BCUT2D eigenvalue weighted by Crippen LogP contribution is 2.26. The fraction of sp³-hybridized carbons (Fsp3) is 0.154. The number of halogens is 1. The quantitative estimate of drug-likeness (QED) is 0.748. The molecule has 6 heteroatoms. The van der Waals surface area contributed by atoms with Crippen molar-refractivity contribution in [2.75, 3.05) is 11.9 Å². The third kappa shape index (κ3) is 2.83. The SMILES string of the molecule is Clc1nc(NCCc2ccncc2)c2ccsc2n1. The molecule has 0 spiro atoms. The van der Waals surface area contributed by atoms with Gasteiger partial charge in [0.25, 0.3) is 0 Å². The van der Waals surface area contributed by atoms with Crippen molar-refractivity contribution in [1.82, 2.24) is 15.0 Å². The summed E-state index contributed by atoms with van der Waals surface area (Å²) in [6.45, 7) is 0.794. The molecule has 0 fully saturated rings. The maximum Gasteiger partial charge on any atom is 0.225 e. The molecular weight excluding hydrogens is 280 g/mol. The highest BCUT2D eigenvalue weighted by molar-refractivity contribution is 7.16. The Morgan fingerprint density at radius 1 is 1.16 bits per heavy atom. The van der Waals surface area contributed by atoms with Gasteiger partial charge in [0.15, 0.2) is 0 Å². The van der Waals surface area contributed by atoms with Crippen molar-refractivity contribution < 1.29 is 0 Å². The number of hydrogen-bond donors (Lipinski definition) is 1. The molecule has 1 N–H and O–H groups in total. The first-order valence-electron chi connectivity index (χ1n) is 5.86. The largest absolute Gasteiger partial charge is 0.369 e. The lowest BCUT2D eigenvalue weighted by atomic mass is 10.2. The lowest BCUT2D eigenvalue weighted by molar-refractivity contribution is 1.00. The van der Waals surface area contributed by atoms with Gasteiger partial charge in [-0.3, -0.25) is 4.98 Å². The zero-order valence-corrected chi connectivity index (χ0v) is 11.6. The van der Waals surface area contributed by atoms with E-state index in [1.165, 1.54) is 5.56 Å². The highest BCUT2D eigenvalue weighted by Gasteiger charge is 2.07. The minimum atomic E-state index is 0.279. The van der Waals surface area contributed by atoms with Crippen molar-refractivity contribution in [3.63, 3.8) is 0 Å². The van der Waals surface area contributed by atoms with Gasteiger partial charge < -0.3 is 5.32 Å². The third-order valence-electron chi connectivity index (χ3n) is 2.75. The van der Waals surface area contributed by atoms with Gasteiger partial charge in [-0.25, -0.2) is 9.97 Å². The van der Waals surface area contributed by atoms with Crippen LogP contribution in [-0.2, 0) is 6.42 Å². The summed E-state index contributed by atoms with van der Waals surface area (Å²) in [5.74, 6) is 0.797. The minimum absolute atomic E-state index is 0.279. The van der Waals surface area contributed by atoms with Crippen LogP contribution >= 0.6 is 22.9 Å². The minimum Gasteiger partial charge on any atom is -0.369 e. The molecule has 0 unspecified atom stereocenters. The van der Waals surface area contributed by atoms with E-state index in [1.807, 2.05) is 23.6 Å². The fourth-order valence-electron chi connectivity index (χ4n) is 1.84. The van der Waals surface area contributed by atoms with Crippen molar-refractivity contribution >= 4 is 39.0 Å². The van der Waals surface area contributed by atoms with E-state index in [1.54, 1.807) is 23.7 Å². The lowest BCUT2D eigenvalue weighted by Crippen LogP contribution is -2.07. The lowest BCUT2D eigenvalue weighted by Gasteiger charge is -2.07. The standard InChI is InChI=1S/C13H11ClN4S/c14-13-17-11(10-4-8-19-12(10)18-13)16-7-3-9-1-5-15-6-2-9/h1-2,4-6,8H,3,7H2,(H,16,17,18). The predicted octanol–water partition coefficient (Wildman–Crippen LogP) is 3.39. The van der Waals surface area contributed by atoms with Crippen LogP contribution in [0.2, 0.25) is 5.28 Å². The molecule has 0 saturated carbocycles. The molecule has 0 amide bonds. The maximum atomic E-state index is 5.91. The topological polar surface area (TPSA) is 50.7 Å². The fourth-order valence-corrected chi connectivity index (χ4v) is 2.82. The molecule has 96 valence electrons. The molecule has 0 atom stereocenters. The molecule has 4 nitrogen and oxygen atoms in total. The van der Waals surface area contributed by atoms with Crippen molar-refractivity contribution in [1.29, 1.82) is 0 Å². The molecule has 0 aromatic carbocycles. The number of fused-ring (bicyclic) bond motifs is 1. The Balaban J connectivity index is 1.73. The Kier molecular flexibility index (Phi) is 3.57. The zero-order valence-electron chi connectivity index (χ0n) is 10.0. The maximum absolute atomic E-state index is 5.91. The summed E-state index contributed by atoms with van der Waals surface area (Å²) >= 11 is 7.47. The number of rotatable bonds is 4. The number of pyridine rings is 1. The van der Waals surface area contributed by atoms with Crippen LogP contribution in [-0.4, -0.2) is 21.5 Å². The Morgan fingerprint density at radius 3 is 2.84 bits per heavy atom. The van der Waals surface area contributed by atoms with Gasteiger partial charge in [-0.2, -0.15) is 0 Å². The predicted molar refractivity (Wildman–Crippen MR) is 78.9 cm³/mol. The van der Waals surface area contributed by atoms with Gasteiger partial charge in [-0.15, -0.1) is 11.3 Å². The van der Waals surface area contributed by atoms with Crippen LogP contribution in [0.3, 0.4) is 0 Å². The molecule has 0 aliphatic heterocycles. The number of nitrogens with zero attached hydrogens (tertiary/aromatic N) is 3. The van der Waals surface area contributed by atoms with E-state index in [9.17, 15) is 0 Å². The highest BCUT2D eigenvalue weighted by atomic mass is 35.5. The first kappa shape index (κ1) is 12.3. The zero-order chi connectivity index (χ0) is 13.1. The monoisotopic (exact) mass is 290 g/mol. The summed E-state index contributed by atoms with van der Waals surface area (Å²) in [4.78, 5) is 13.3. The molecule has 0 radical (unpaired) electrons. The molecule has 0 aliphatic carbocycles.